The summed E-state index contributed by atoms with van der Waals surface area (Å²) in [4.78, 5) is 25.0. The number of benzene rings is 2. The molecule has 0 saturated carbocycles. The molecule has 0 unspecified atom stereocenters. The van der Waals surface area contributed by atoms with E-state index in [9.17, 15) is 27.9 Å². The number of carbonyl (C=O) groups excluding carboxylic acids is 2. The highest BCUT2D eigenvalue weighted by Crippen LogP contribution is 2.42. The molecule has 0 radical (unpaired) electrons. The Hall–Kier alpha value is -2.62. The van der Waals surface area contributed by atoms with Gasteiger partial charge in [-0.1, -0.05) is 18.7 Å². The number of fused-ring (bicyclic) bond motifs is 1. The van der Waals surface area contributed by atoms with Gasteiger partial charge >= 0.3 is 6.36 Å². The van der Waals surface area contributed by atoms with Crippen molar-refractivity contribution in [2.24, 2.45) is 0 Å². The number of halogens is 4. The maximum atomic E-state index is 12.7. The molecule has 0 heterocycles. The molecule has 1 N–H and O–H groups in total. The highest BCUT2D eigenvalue weighted by Gasteiger charge is 2.33. The van der Waals surface area contributed by atoms with E-state index in [0.717, 1.165) is 18.2 Å². The van der Waals surface area contributed by atoms with Crippen LogP contribution in [0, 0.1) is 0 Å². The van der Waals surface area contributed by atoms with Crippen molar-refractivity contribution in [3.63, 3.8) is 0 Å². The van der Waals surface area contributed by atoms with Gasteiger partial charge in [0.1, 0.15) is 11.5 Å². The van der Waals surface area contributed by atoms with E-state index in [1.807, 2.05) is 0 Å². The van der Waals surface area contributed by atoms with Crippen molar-refractivity contribution < 1.29 is 32.6 Å². The fraction of sp³-hybridized carbons (Fsp3) is 0.0526. The molecule has 3 rings (SSSR count). The Kier molecular flexibility index (Phi) is 4.85. The average molecular weight is 486 g/mol. The van der Waals surface area contributed by atoms with Gasteiger partial charge in [-0.2, -0.15) is 0 Å². The summed E-state index contributed by atoms with van der Waals surface area (Å²) in [5, 5.41) is 10.2. The Morgan fingerprint density at radius 1 is 1.07 bits per heavy atom. The Balaban J connectivity index is 2.32. The van der Waals surface area contributed by atoms with Crippen molar-refractivity contribution in [2.75, 3.05) is 0 Å². The van der Waals surface area contributed by atoms with Gasteiger partial charge in [-0.15, -0.1) is 13.2 Å². The number of ether oxygens (including phenoxy) is 1. The second kappa shape index (κ2) is 6.84. The van der Waals surface area contributed by atoms with E-state index in [-0.39, 0.29) is 31.6 Å². The van der Waals surface area contributed by atoms with Crippen molar-refractivity contribution in [3.05, 3.63) is 63.3 Å². The molecule has 2 aromatic rings. The first-order valence-corrected chi connectivity index (χ1v) is 8.55. The molecule has 1 aliphatic rings. The van der Waals surface area contributed by atoms with Gasteiger partial charge in [-0.05, 0) is 52.4 Å². The molecule has 0 atom stereocenters. The molecule has 1 aliphatic carbocycles. The van der Waals surface area contributed by atoms with E-state index in [0.29, 0.717) is 5.56 Å². The molecule has 4 nitrogen and oxygen atoms in total. The van der Waals surface area contributed by atoms with Crippen LogP contribution in [-0.4, -0.2) is 23.0 Å². The molecule has 0 bridgehead atoms. The molecule has 27 heavy (non-hydrogen) atoms. The molecule has 138 valence electrons. The summed E-state index contributed by atoms with van der Waals surface area (Å²) in [6.45, 7) is 3.64. The Morgan fingerprint density at radius 2 is 1.78 bits per heavy atom. The normalized spacial score (nSPS) is 13.9. The highest BCUT2D eigenvalue weighted by molar-refractivity contribution is 14.1. The lowest BCUT2D eigenvalue weighted by atomic mass is 9.84. The van der Waals surface area contributed by atoms with Crippen LogP contribution in [-0.2, 0) is 0 Å². The van der Waals surface area contributed by atoms with Crippen molar-refractivity contribution in [2.45, 2.75) is 6.36 Å². The monoisotopic (exact) mass is 486 g/mol. The Morgan fingerprint density at radius 3 is 2.41 bits per heavy atom. The number of aromatic hydroxyl groups is 1. The second-order valence-corrected chi connectivity index (χ2v) is 6.73. The van der Waals surface area contributed by atoms with Gasteiger partial charge in [-0.3, -0.25) is 9.59 Å². The van der Waals surface area contributed by atoms with Crippen LogP contribution in [0.4, 0.5) is 13.2 Å². The third kappa shape index (κ3) is 3.61. The van der Waals surface area contributed by atoms with E-state index in [4.69, 9.17) is 0 Å². The lowest BCUT2D eigenvalue weighted by Crippen LogP contribution is -2.17. The lowest BCUT2D eigenvalue weighted by molar-refractivity contribution is -0.274. The number of ketones is 2. The quantitative estimate of drug-likeness (QED) is 0.599. The van der Waals surface area contributed by atoms with E-state index in [1.165, 1.54) is 24.3 Å². The van der Waals surface area contributed by atoms with Crippen LogP contribution in [0.5, 0.6) is 11.5 Å². The van der Waals surface area contributed by atoms with Crippen LogP contribution in [0.3, 0.4) is 0 Å². The molecule has 0 spiro atoms. The predicted octanol–water partition coefficient (Wildman–Crippen LogP) is 5.30. The molecule has 0 fully saturated rings. The average Bonchev–Trinajstić information content (AvgIpc) is 2.59. The van der Waals surface area contributed by atoms with Gasteiger partial charge in [0.2, 0.25) is 5.78 Å². The molecule has 8 heteroatoms. The van der Waals surface area contributed by atoms with Crippen LogP contribution >= 0.6 is 22.6 Å². The Labute approximate surface area is 165 Å². The third-order valence-electron chi connectivity index (χ3n) is 3.90. The number of phenols is 1. The van der Waals surface area contributed by atoms with Gasteiger partial charge in [0.05, 0.1) is 3.58 Å². The van der Waals surface area contributed by atoms with Gasteiger partial charge in [0.25, 0.3) is 0 Å². The molecule has 0 aromatic heterocycles. The van der Waals surface area contributed by atoms with Crippen molar-refractivity contribution in [1.29, 1.82) is 0 Å². The topological polar surface area (TPSA) is 63.6 Å². The Bertz CT molecular complexity index is 1020. The first-order chi connectivity index (χ1) is 12.6. The highest BCUT2D eigenvalue weighted by atomic mass is 127. The minimum atomic E-state index is -4.92. The third-order valence-corrected chi connectivity index (χ3v) is 4.70. The number of Topliss-reactive ketones (excluding diaryl/α,β-unsaturated/α-hetero) is 1. The largest absolute Gasteiger partial charge is 0.573 e. The van der Waals surface area contributed by atoms with Crippen molar-refractivity contribution >= 4 is 40.2 Å². The van der Waals surface area contributed by atoms with Gasteiger partial charge < -0.3 is 9.84 Å². The fourth-order valence-electron chi connectivity index (χ4n) is 2.81. The van der Waals surface area contributed by atoms with E-state index in [1.54, 1.807) is 22.6 Å². The van der Waals surface area contributed by atoms with Crippen LogP contribution < -0.4 is 4.74 Å². The summed E-state index contributed by atoms with van der Waals surface area (Å²) < 4.78 is 41.7. The summed E-state index contributed by atoms with van der Waals surface area (Å²) in [6, 6.07) is 5.90. The lowest BCUT2D eigenvalue weighted by Gasteiger charge is -2.20. The maximum Gasteiger partial charge on any atom is 0.573 e. The molecule has 0 amide bonds. The number of rotatable bonds is 3. The number of alkyl halides is 3. The molecule has 0 aliphatic heterocycles. The summed E-state index contributed by atoms with van der Waals surface area (Å²) in [5.41, 5.74) is 0.524. The number of allylic oxidation sites excluding steroid dienone is 2. The number of hydrogen-bond donors (Lipinski definition) is 1. The van der Waals surface area contributed by atoms with Gasteiger partial charge in [-0.25, -0.2) is 0 Å². The van der Waals surface area contributed by atoms with E-state index in [2.05, 4.69) is 11.3 Å². The standard InChI is InChI=1S/C19H10F3IO4/c1-2-9-3-5-11-15(25)8-13(23)18(26)17(11)16(9)12-7-10(4-6-14(12)24)27-19(20,21)22/h2-8,24H,1H2. The zero-order valence-electron chi connectivity index (χ0n) is 13.4. The minimum absolute atomic E-state index is 0.00348. The van der Waals surface area contributed by atoms with Gasteiger partial charge in [0.15, 0.2) is 5.78 Å². The molecular weight excluding hydrogens is 476 g/mol. The molecular formula is C19H10F3IO4. The first-order valence-electron chi connectivity index (χ1n) is 7.47. The minimum Gasteiger partial charge on any atom is -0.507 e. The summed E-state index contributed by atoms with van der Waals surface area (Å²) in [7, 11) is 0. The molecule has 2 aromatic carbocycles. The molecule has 0 saturated heterocycles. The number of carbonyl (C=O) groups is 2. The first kappa shape index (κ1) is 19.2. The predicted molar refractivity (Wildman–Crippen MR) is 101 cm³/mol. The van der Waals surface area contributed by atoms with Crippen LogP contribution in [0.15, 0.2) is 46.6 Å². The number of phenolic OH excluding ortho intramolecular Hbond substituents is 1. The fourth-order valence-corrected chi connectivity index (χ4v) is 3.36. The summed E-state index contributed by atoms with van der Waals surface area (Å²) >= 11 is 1.72. The number of hydrogen-bond acceptors (Lipinski definition) is 4. The van der Waals surface area contributed by atoms with Crippen LogP contribution in [0.25, 0.3) is 17.2 Å². The van der Waals surface area contributed by atoms with E-state index >= 15 is 0 Å². The van der Waals surface area contributed by atoms with Crippen LogP contribution in [0.2, 0.25) is 0 Å². The van der Waals surface area contributed by atoms with Crippen LogP contribution in [0.1, 0.15) is 26.3 Å². The zero-order valence-corrected chi connectivity index (χ0v) is 15.6. The maximum absolute atomic E-state index is 12.7. The summed E-state index contributed by atoms with van der Waals surface area (Å²) in [6.07, 6.45) is -2.35. The smallest absolute Gasteiger partial charge is 0.507 e. The van der Waals surface area contributed by atoms with E-state index < -0.39 is 23.7 Å². The SMILES string of the molecule is C=Cc1ccc2c(c1-c1cc(OC(F)(F)F)ccc1O)C(=O)C(I)=CC2=O. The van der Waals surface area contributed by atoms with Crippen molar-refractivity contribution in [3.8, 4) is 22.6 Å². The van der Waals surface area contributed by atoms with Crippen molar-refractivity contribution in [1.82, 2.24) is 0 Å². The summed E-state index contributed by atoms with van der Waals surface area (Å²) in [5.74, 6) is -1.81. The second-order valence-electron chi connectivity index (χ2n) is 5.57. The van der Waals surface area contributed by atoms with Gasteiger partial charge in [0, 0.05) is 28.3 Å². The zero-order chi connectivity index (χ0) is 19.9.